The first-order valence-corrected chi connectivity index (χ1v) is 6.90. The van der Waals surface area contributed by atoms with Gasteiger partial charge in [-0.1, -0.05) is 18.2 Å². The Hall–Kier alpha value is -2.95. The Labute approximate surface area is 134 Å². The van der Waals surface area contributed by atoms with E-state index in [0.717, 1.165) is 11.3 Å². The molecule has 0 unspecified atom stereocenters. The predicted octanol–water partition coefficient (Wildman–Crippen LogP) is 3.31. The minimum atomic E-state index is -0.363. The van der Waals surface area contributed by atoms with Crippen LogP contribution < -0.4 is 14.2 Å². The van der Waals surface area contributed by atoms with Crippen molar-refractivity contribution in [2.45, 2.75) is 0 Å². The van der Waals surface area contributed by atoms with Crippen molar-refractivity contribution < 1.29 is 24.1 Å². The summed E-state index contributed by atoms with van der Waals surface area (Å²) in [6.45, 7) is 0. The van der Waals surface area contributed by atoms with E-state index in [2.05, 4.69) is 0 Å². The van der Waals surface area contributed by atoms with Gasteiger partial charge in [-0.15, -0.1) is 0 Å². The van der Waals surface area contributed by atoms with Gasteiger partial charge in [0.1, 0.15) is 28.6 Å². The van der Waals surface area contributed by atoms with E-state index in [1.54, 1.807) is 31.4 Å². The molecule has 5 nitrogen and oxygen atoms in total. The summed E-state index contributed by atoms with van der Waals surface area (Å²) in [5.41, 5.74) is 0.934. The lowest BCUT2D eigenvalue weighted by molar-refractivity contribution is 0.104. The van der Waals surface area contributed by atoms with Crippen molar-refractivity contribution in [1.82, 2.24) is 0 Å². The van der Waals surface area contributed by atoms with Gasteiger partial charge in [0.2, 0.25) is 0 Å². The molecule has 5 heteroatoms. The lowest BCUT2D eigenvalue weighted by atomic mass is 10.1. The number of phenols is 1. The van der Waals surface area contributed by atoms with Crippen LogP contribution >= 0.6 is 0 Å². The summed E-state index contributed by atoms with van der Waals surface area (Å²) in [6, 6.07) is 10.2. The molecule has 2 rings (SSSR count). The van der Waals surface area contributed by atoms with Crippen LogP contribution in [-0.4, -0.2) is 32.2 Å². The maximum atomic E-state index is 12.3. The molecule has 0 fully saturated rings. The van der Waals surface area contributed by atoms with Gasteiger partial charge in [-0.3, -0.25) is 4.79 Å². The summed E-state index contributed by atoms with van der Waals surface area (Å²) in [7, 11) is 4.49. The van der Waals surface area contributed by atoms with E-state index in [-0.39, 0.29) is 22.8 Å². The Kier molecular flexibility index (Phi) is 5.25. The number of carbonyl (C=O) groups is 1. The minimum Gasteiger partial charge on any atom is -0.507 e. The third-order valence-corrected chi connectivity index (χ3v) is 3.30. The fraction of sp³-hybridized carbons (Fsp3) is 0.167. The van der Waals surface area contributed by atoms with Crippen molar-refractivity contribution in [1.29, 1.82) is 0 Å². The molecule has 0 saturated carbocycles. The minimum absolute atomic E-state index is 0.0954. The van der Waals surface area contributed by atoms with E-state index in [1.165, 1.54) is 26.4 Å². The lowest BCUT2D eigenvalue weighted by Gasteiger charge is -2.10. The van der Waals surface area contributed by atoms with Gasteiger partial charge in [-0.05, 0) is 23.8 Å². The molecule has 0 bridgehead atoms. The average Bonchev–Trinajstić information content (AvgIpc) is 2.59. The Morgan fingerprint density at radius 3 is 2.17 bits per heavy atom. The summed E-state index contributed by atoms with van der Waals surface area (Å²) in [5.74, 6) is 0.854. The molecule has 120 valence electrons. The molecule has 0 saturated heterocycles. The van der Waals surface area contributed by atoms with Crippen molar-refractivity contribution in [3.05, 3.63) is 53.6 Å². The quantitative estimate of drug-likeness (QED) is 0.654. The van der Waals surface area contributed by atoms with E-state index in [0.29, 0.717) is 5.75 Å². The molecule has 23 heavy (non-hydrogen) atoms. The van der Waals surface area contributed by atoms with Crippen molar-refractivity contribution in [2.24, 2.45) is 0 Å². The molecule has 0 amide bonds. The molecular formula is C18H18O5. The monoisotopic (exact) mass is 314 g/mol. The normalized spacial score (nSPS) is 10.6. The van der Waals surface area contributed by atoms with Crippen LogP contribution in [0.25, 0.3) is 6.08 Å². The summed E-state index contributed by atoms with van der Waals surface area (Å²) < 4.78 is 15.3. The fourth-order valence-corrected chi connectivity index (χ4v) is 2.07. The average molecular weight is 314 g/mol. The Morgan fingerprint density at radius 1 is 0.957 bits per heavy atom. The van der Waals surface area contributed by atoms with E-state index in [1.807, 2.05) is 12.1 Å². The van der Waals surface area contributed by atoms with Gasteiger partial charge in [0.25, 0.3) is 0 Å². The first-order chi connectivity index (χ1) is 11.1. The molecule has 0 spiro atoms. The second-order valence-corrected chi connectivity index (χ2v) is 4.69. The van der Waals surface area contributed by atoms with E-state index >= 15 is 0 Å². The highest BCUT2D eigenvalue weighted by molar-refractivity contribution is 6.10. The summed E-state index contributed by atoms with van der Waals surface area (Å²) in [4.78, 5) is 12.3. The van der Waals surface area contributed by atoms with Crippen LogP contribution in [0, 0.1) is 0 Å². The van der Waals surface area contributed by atoms with Crippen LogP contribution in [0.1, 0.15) is 15.9 Å². The molecule has 1 N–H and O–H groups in total. The fourth-order valence-electron chi connectivity index (χ4n) is 2.07. The molecule has 0 atom stereocenters. The zero-order valence-electron chi connectivity index (χ0n) is 13.2. The van der Waals surface area contributed by atoms with E-state index in [9.17, 15) is 9.90 Å². The highest BCUT2D eigenvalue weighted by Gasteiger charge is 2.17. The number of ketones is 1. The molecule has 0 aromatic heterocycles. The largest absolute Gasteiger partial charge is 0.507 e. The zero-order valence-corrected chi connectivity index (χ0v) is 13.2. The number of phenolic OH excluding ortho intramolecular Hbond substituents is 1. The van der Waals surface area contributed by atoms with Crippen LogP contribution in [0.2, 0.25) is 0 Å². The molecule has 0 aliphatic rings. The molecular weight excluding hydrogens is 296 g/mol. The third-order valence-electron chi connectivity index (χ3n) is 3.30. The number of aromatic hydroxyl groups is 1. The molecule has 2 aromatic carbocycles. The number of methoxy groups -OCH3 is 3. The third kappa shape index (κ3) is 3.83. The van der Waals surface area contributed by atoms with Gasteiger partial charge in [-0.25, -0.2) is 0 Å². The molecule has 0 aliphatic carbocycles. The van der Waals surface area contributed by atoms with Gasteiger partial charge in [0.05, 0.1) is 21.3 Å². The molecule has 0 aliphatic heterocycles. The Balaban J connectivity index is 2.27. The van der Waals surface area contributed by atoms with E-state index < -0.39 is 0 Å². The van der Waals surface area contributed by atoms with Crippen molar-refractivity contribution in [2.75, 3.05) is 21.3 Å². The van der Waals surface area contributed by atoms with Gasteiger partial charge in [0, 0.05) is 12.1 Å². The number of rotatable bonds is 6. The van der Waals surface area contributed by atoms with Gasteiger partial charge < -0.3 is 19.3 Å². The molecule has 2 aromatic rings. The number of hydrogen-bond acceptors (Lipinski definition) is 5. The number of ether oxygens (including phenoxy) is 3. The summed E-state index contributed by atoms with van der Waals surface area (Å²) in [6.07, 6.45) is 3.04. The lowest BCUT2D eigenvalue weighted by Crippen LogP contribution is -2.00. The molecule has 0 heterocycles. The highest BCUT2D eigenvalue weighted by atomic mass is 16.5. The number of allylic oxidation sites excluding steroid dienone is 1. The van der Waals surface area contributed by atoms with Crippen LogP contribution in [0.15, 0.2) is 42.5 Å². The molecule has 0 radical (unpaired) electrons. The second kappa shape index (κ2) is 7.35. The Bertz CT molecular complexity index is 717. The number of carbonyl (C=O) groups excluding carboxylic acids is 1. The van der Waals surface area contributed by atoms with E-state index in [4.69, 9.17) is 14.2 Å². The smallest absolute Gasteiger partial charge is 0.193 e. The number of hydrogen-bond donors (Lipinski definition) is 1. The number of benzene rings is 2. The maximum Gasteiger partial charge on any atom is 0.193 e. The van der Waals surface area contributed by atoms with Crippen molar-refractivity contribution in [3.63, 3.8) is 0 Å². The van der Waals surface area contributed by atoms with Gasteiger partial charge in [-0.2, -0.15) is 0 Å². The van der Waals surface area contributed by atoms with Crippen molar-refractivity contribution in [3.8, 4) is 23.0 Å². The van der Waals surface area contributed by atoms with Crippen LogP contribution in [-0.2, 0) is 0 Å². The topological polar surface area (TPSA) is 65.0 Å². The first-order valence-electron chi connectivity index (χ1n) is 6.90. The maximum absolute atomic E-state index is 12.3. The summed E-state index contributed by atoms with van der Waals surface area (Å²) >= 11 is 0. The SMILES string of the molecule is COc1ccc(/C=C/C(=O)c2c(O)cc(OC)cc2OC)cc1. The van der Waals surface area contributed by atoms with Crippen LogP contribution in [0.5, 0.6) is 23.0 Å². The predicted molar refractivity (Wildman–Crippen MR) is 87.6 cm³/mol. The zero-order chi connectivity index (χ0) is 16.8. The first kappa shape index (κ1) is 16.4. The highest BCUT2D eigenvalue weighted by Crippen LogP contribution is 2.33. The van der Waals surface area contributed by atoms with Crippen LogP contribution in [0.4, 0.5) is 0 Å². The Morgan fingerprint density at radius 2 is 1.61 bits per heavy atom. The standard InChI is InChI=1S/C18H18O5/c1-21-13-7-4-12(5-8-13)6-9-15(19)18-16(20)10-14(22-2)11-17(18)23-3/h4-11,20H,1-3H3/b9-6+. The summed E-state index contributed by atoms with van der Waals surface area (Å²) in [5, 5.41) is 10.0. The van der Waals surface area contributed by atoms with Gasteiger partial charge >= 0.3 is 0 Å². The second-order valence-electron chi connectivity index (χ2n) is 4.69. The van der Waals surface area contributed by atoms with Crippen molar-refractivity contribution >= 4 is 11.9 Å². The van der Waals surface area contributed by atoms with Crippen LogP contribution in [0.3, 0.4) is 0 Å². The van der Waals surface area contributed by atoms with Gasteiger partial charge in [0.15, 0.2) is 5.78 Å².